The predicted molar refractivity (Wildman–Crippen MR) is 103 cm³/mol. The average molecular weight is 375 g/mol. The van der Waals surface area contributed by atoms with Crippen molar-refractivity contribution in [2.75, 3.05) is 34.4 Å². The molecular formula is C19H25N3O3S. The minimum Gasteiger partial charge on any atom is -0.493 e. The van der Waals surface area contributed by atoms with Gasteiger partial charge in [0.05, 0.1) is 26.3 Å². The van der Waals surface area contributed by atoms with E-state index >= 15 is 0 Å². The minimum absolute atomic E-state index is 0.156. The number of nitrogens with one attached hydrogen (secondary N) is 1. The SMILES string of the molecule is CNC1CCN(C(=O)Cc2csc(-c3ccc(OC)c(OC)c3)n2)CC1. The van der Waals surface area contributed by atoms with Gasteiger partial charge in [-0.15, -0.1) is 11.3 Å². The Morgan fingerprint density at radius 3 is 2.65 bits per heavy atom. The Morgan fingerprint density at radius 2 is 2.00 bits per heavy atom. The summed E-state index contributed by atoms with van der Waals surface area (Å²) in [6, 6.07) is 6.25. The van der Waals surface area contributed by atoms with Gasteiger partial charge in [-0.1, -0.05) is 0 Å². The summed E-state index contributed by atoms with van der Waals surface area (Å²) < 4.78 is 10.6. The van der Waals surface area contributed by atoms with Crippen molar-refractivity contribution < 1.29 is 14.3 Å². The van der Waals surface area contributed by atoms with Crippen molar-refractivity contribution in [3.8, 4) is 22.1 Å². The molecule has 0 saturated carbocycles. The standard InChI is InChI=1S/C19H25N3O3S/c1-20-14-6-8-22(9-7-14)18(23)11-15-12-26-19(21-15)13-4-5-16(24-2)17(10-13)25-3/h4-5,10,12,14,20H,6-9,11H2,1-3H3. The van der Waals surface area contributed by atoms with E-state index in [9.17, 15) is 4.79 Å². The van der Waals surface area contributed by atoms with Crippen LogP contribution in [0.3, 0.4) is 0 Å². The van der Waals surface area contributed by atoms with Crippen molar-refractivity contribution in [2.45, 2.75) is 25.3 Å². The zero-order valence-corrected chi connectivity index (χ0v) is 16.3. The molecule has 1 aliphatic heterocycles. The van der Waals surface area contributed by atoms with Crippen molar-refractivity contribution in [3.63, 3.8) is 0 Å². The molecule has 0 spiro atoms. The van der Waals surface area contributed by atoms with Gasteiger partial charge < -0.3 is 19.7 Å². The molecule has 6 nitrogen and oxygen atoms in total. The number of benzene rings is 1. The van der Waals surface area contributed by atoms with Crippen LogP contribution in [0.4, 0.5) is 0 Å². The molecule has 1 aromatic heterocycles. The quantitative estimate of drug-likeness (QED) is 0.841. The molecule has 0 radical (unpaired) electrons. The lowest BCUT2D eigenvalue weighted by atomic mass is 10.0. The molecule has 2 aromatic rings. The smallest absolute Gasteiger partial charge is 0.228 e. The number of hydrogen-bond acceptors (Lipinski definition) is 6. The maximum atomic E-state index is 12.5. The van der Waals surface area contributed by atoms with Gasteiger partial charge in [0.1, 0.15) is 5.01 Å². The fourth-order valence-electron chi connectivity index (χ4n) is 3.17. The number of carbonyl (C=O) groups excluding carboxylic acids is 1. The minimum atomic E-state index is 0.156. The number of rotatable bonds is 6. The molecule has 3 rings (SSSR count). The van der Waals surface area contributed by atoms with Crippen LogP contribution in [0.15, 0.2) is 23.6 Å². The second-order valence-electron chi connectivity index (χ2n) is 6.33. The number of likely N-dealkylation sites (tertiary alicyclic amines) is 1. The van der Waals surface area contributed by atoms with E-state index in [1.807, 2.05) is 35.5 Å². The lowest BCUT2D eigenvalue weighted by molar-refractivity contribution is -0.131. The van der Waals surface area contributed by atoms with E-state index in [1.54, 1.807) is 14.2 Å². The highest BCUT2D eigenvalue weighted by molar-refractivity contribution is 7.13. The third-order valence-corrected chi connectivity index (χ3v) is 5.71. The van der Waals surface area contributed by atoms with Gasteiger partial charge in [-0.25, -0.2) is 4.98 Å². The summed E-state index contributed by atoms with van der Waals surface area (Å²) in [7, 11) is 5.21. The van der Waals surface area contributed by atoms with Gasteiger partial charge in [0, 0.05) is 30.1 Å². The first-order valence-corrected chi connectivity index (χ1v) is 9.64. The molecule has 0 aliphatic carbocycles. The van der Waals surface area contributed by atoms with Crippen LogP contribution < -0.4 is 14.8 Å². The molecule has 0 atom stereocenters. The molecule has 1 aromatic carbocycles. The molecule has 1 amide bonds. The highest BCUT2D eigenvalue weighted by atomic mass is 32.1. The third-order valence-electron chi connectivity index (χ3n) is 4.77. The van der Waals surface area contributed by atoms with Crippen LogP contribution in [0.1, 0.15) is 18.5 Å². The van der Waals surface area contributed by atoms with Crippen LogP contribution in [-0.2, 0) is 11.2 Å². The lowest BCUT2D eigenvalue weighted by Gasteiger charge is -2.31. The van der Waals surface area contributed by atoms with Crippen LogP contribution in [0, 0.1) is 0 Å². The van der Waals surface area contributed by atoms with Crippen LogP contribution >= 0.6 is 11.3 Å². The molecule has 140 valence electrons. The molecule has 0 unspecified atom stereocenters. The number of hydrogen-bond donors (Lipinski definition) is 1. The number of thiazole rings is 1. The second kappa shape index (κ2) is 8.51. The first kappa shape index (κ1) is 18.7. The Balaban J connectivity index is 1.66. The van der Waals surface area contributed by atoms with Gasteiger partial charge in [-0.3, -0.25) is 4.79 Å². The van der Waals surface area contributed by atoms with Crippen LogP contribution in [0.2, 0.25) is 0 Å². The van der Waals surface area contributed by atoms with E-state index in [-0.39, 0.29) is 5.91 Å². The summed E-state index contributed by atoms with van der Waals surface area (Å²) in [6.45, 7) is 1.63. The van der Waals surface area contributed by atoms with E-state index in [1.165, 1.54) is 11.3 Å². The molecule has 2 heterocycles. The zero-order valence-electron chi connectivity index (χ0n) is 15.4. The Hall–Kier alpha value is -2.12. The van der Waals surface area contributed by atoms with Crippen molar-refractivity contribution in [2.24, 2.45) is 0 Å². The number of piperidine rings is 1. The Bertz CT molecular complexity index is 754. The fraction of sp³-hybridized carbons (Fsp3) is 0.474. The number of amides is 1. The Kier molecular flexibility index (Phi) is 6.11. The van der Waals surface area contributed by atoms with E-state index in [0.29, 0.717) is 24.0 Å². The highest BCUT2D eigenvalue weighted by Crippen LogP contribution is 2.33. The van der Waals surface area contributed by atoms with E-state index in [2.05, 4.69) is 10.3 Å². The van der Waals surface area contributed by atoms with Gasteiger partial charge in [0.2, 0.25) is 5.91 Å². The van der Waals surface area contributed by atoms with Gasteiger partial charge >= 0.3 is 0 Å². The molecule has 0 bridgehead atoms. The highest BCUT2D eigenvalue weighted by Gasteiger charge is 2.22. The Morgan fingerprint density at radius 1 is 1.27 bits per heavy atom. The van der Waals surface area contributed by atoms with Gasteiger partial charge in [0.25, 0.3) is 0 Å². The number of ether oxygens (including phenoxy) is 2. The lowest BCUT2D eigenvalue weighted by Crippen LogP contribution is -2.44. The Labute approximate surface area is 158 Å². The summed E-state index contributed by atoms with van der Waals surface area (Å²) in [6.07, 6.45) is 2.38. The largest absolute Gasteiger partial charge is 0.493 e. The number of aromatic nitrogens is 1. The topological polar surface area (TPSA) is 63.7 Å². The van der Waals surface area contributed by atoms with Gasteiger partial charge in [0.15, 0.2) is 11.5 Å². The van der Waals surface area contributed by atoms with Crippen molar-refractivity contribution in [3.05, 3.63) is 29.3 Å². The molecule has 1 saturated heterocycles. The second-order valence-corrected chi connectivity index (χ2v) is 7.19. The van der Waals surface area contributed by atoms with Crippen LogP contribution in [0.5, 0.6) is 11.5 Å². The first-order chi connectivity index (χ1) is 12.6. The maximum Gasteiger partial charge on any atom is 0.228 e. The molecule has 26 heavy (non-hydrogen) atoms. The summed E-state index contributed by atoms with van der Waals surface area (Å²) in [5.74, 6) is 1.52. The predicted octanol–water partition coefficient (Wildman–Crippen LogP) is 2.58. The van der Waals surface area contributed by atoms with Gasteiger partial charge in [-0.05, 0) is 38.1 Å². The third kappa shape index (κ3) is 4.16. The summed E-state index contributed by atoms with van der Waals surface area (Å²) in [4.78, 5) is 19.1. The molecule has 1 aliphatic rings. The van der Waals surface area contributed by atoms with Crippen LogP contribution in [0.25, 0.3) is 10.6 Å². The summed E-state index contributed by atoms with van der Waals surface area (Å²) >= 11 is 1.54. The summed E-state index contributed by atoms with van der Waals surface area (Å²) in [5.41, 5.74) is 1.78. The summed E-state index contributed by atoms with van der Waals surface area (Å²) in [5, 5.41) is 6.12. The molecule has 1 N–H and O–H groups in total. The normalized spacial score (nSPS) is 15.1. The average Bonchev–Trinajstić information content (AvgIpc) is 3.15. The number of carbonyl (C=O) groups is 1. The first-order valence-electron chi connectivity index (χ1n) is 8.76. The fourth-order valence-corrected chi connectivity index (χ4v) is 3.99. The van der Waals surface area contributed by atoms with Crippen molar-refractivity contribution in [1.82, 2.24) is 15.2 Å². The van der Waals surface area contributed by atoms with E-state index in [4.69, 9.17) is 9.47 Å². The monoisotopic (exact) mass is 375 g/mol. The molecule has 1 fully saturated rings. The van der Waals surface area contributed by atoms with Crippen molar-refractivity contribution in [1.29, 1.82) is 0 Å². The van der Waals surface area contributed by atoms with Crippen LogP contribution in [-0.4, -0.2) is 56.2 Å². The number of nitrogens with zero attached hydrogens (tertiary/aromatic N) is 2. The number of methoxy groups -OCH3 is 2. The van der Waals surface area contributed by atoms with E-state index < -0.39 is 0 Å². The van der Waals surface area contributed by atoms with Gasteiger partial charge in [-0.2, -0.15) is 0 Å². The maximum absolute atomic E-state index is 12.5. The van der Waals surface area contributed by atoms with E-state index in [0.717, 1.165) is 42.2 Å². The molecular weight excluding hydrogens is 350 g/mol. The zero-order chi connectivity index (χ0) is 18.5. The van der Waals surface area contributed by atoms with Crippen molar-refractivity contribution >= 4 is 17.2 Å². The molecule has 7 heteroatoms.